The van der Waals surface area contributed by atoms with E-state index in [1.54, 1.807) is 0 Å². The average molecular weight is 901 g/mol. The molecule has 2 fully saturated rings. The zero-order valence-corrected chi connectivity index (χ0v) is 40.5. The van der Waals surface area contributed by atoms with Crippen molar-refractivity contribution < 1.29 is 0 Å². The highest BCUT2D eigenvalue weighted by Gasteiger charge is 2.57. The van der Waals surface area contributed by atoms with Crippen molar-refractivity contribution in [3.05, 3.63) is 198 Å². The minimum absolute atomic E-state index is 0.00427. The van der Waals surface area contributed by atoms with E-state index in [9.17, 15) is 0 Å². The van der Waals surface area contributed by atoms with Gasteiger partial charge in [0.1, 0.15) is 5.82 Å². The van der Waals surface area contributed by atoms with Crippen LogP contribution in [0.5, 0.6) is 0 Å². The Morgan fingerprint density at radius 1 is 0.594 bits per heavy atom. The van der Waals surface area contributed by atoms with Crippen LogP contribution in [0.25, 0.3) is 50.3 Å². The molecule has 6 atom stereocenters. The number of aromatic nitrogens is 4. The fourth-order valence-electron chi connectivity index (χ4n) is 14.4. The van der Waals surface area contributed by atoms with Crippen LogP contribution in [0.4, 0.5) is 17.1 Å². The summed E-state index contributed by atoms with van der Waals surface area (Å²) in [5.74, 6) is 4.36. The zero-order valence-electron chi connectivity index (χ0n) is 40.5. The molecule has 0 N–H and O–H groups in total. The standard InChI is InChI=1S/C63H60N6/c1-6-20-51-42(4)45-33-34-57-62(5,50-27-14-19-32-56(50)67(57)44-21-8-7-9-22-44)58(45)69(51)55-31-18-13-26-49(55)60-64-59(65-61(66-60)63-37-40(2)35-43(39-63)36-41(3)38-63)48-25-12-17-30-54(48)68-52-28-15-10-23-46(52)47-24-11-16-29-53(47)68/h7-19,21-34,40-41,43,58H,6,20,35-39H2,1-5H3/t40-,41+,43-,58?,62?,63?. The summed E-state index contributed by atoms with van der Waals surface area (Å²) in [6.45, 7) is 12.1. The highest BCUT2D eigenvalue weighted by atomic mass is 15.3. The van der Waals surface area contributed by atoms with E-state index >= 15 is 0 Å². The summed E-state index contributed by atoms with van der Waals surface area (Å²) in [4.78, 5) is 22.5. The van der Waals surface area contributed by atoms with Crippen molar-refractivity contribution in [2.45, 2.75) is 96.4 Å². The van der Waals surface area contributed by atoms with Crippen LogP contribution in [0, 0.1) is 17.8 Å². The second kappa shape index (κ2) is 16.0. The summed E-state index contributed by atoms with van der Waals surface area (Å²) in [6.07, 6.45) is 12.7. The maximum Gasteiger partial charge on any atom is 0.165 e. The Morgan fingerprint density at radius 3 is 1.83 bits per heavy atom. The Balaban J connectivity index is 1.04. The zero-order chi connectivity index (χ0) is 46.6. The minimum atomic E-state index is -0.374. The van der Waals surface area contributed by atoms with E-state index in [0.29, 0.717) is 17.8 Å². The molecule has 2 saturated carbocycles. The van der Waals surface area contributed by atoms with E-state index in [1.807, 2.05) is 0 Å². The summed E-state index contributed by atoms with van der Waals surface area (Å²) in [5.41, 5.74) is 15.3. The molecule has 3 aliphatic carbocycles. The first-order valence-electron chi connectivity index (χ1n) is 25.6. The van der Waals surface area contributed by atoms with Crippen LogP contribution in [-0.4, -0.2) is 25.6 Å². The van der Waals surface area contributed by atoms with E-state index in [2.05, 4.69) is 213 Å². The van der Waals surface area contributed by atoms with Crippen LogP contribution < -0.4 is 9.80 Å². The second-order valence-electron chi connectivity index (χ2n) is 21.3. The highest BCUT2D eigenvalue weighted by Crippen LogP contribution is 2.61. The number of benzene rings is 6. The van der Waals surface area contributed by atoms with Crippen molar-refractivity contribution in [2.75, 3.05) is 9.80 Å². The van der Waals surface area contributed by atoms with Gasteiger partial charge in [-0.3, -0.25) is 0 Å². The lowest BCUT2D eigenvalue weighted by Gasteiger charge is -2.49. The predicted molar refractivity (Wildman–Crippen MR) is 284 cm³/mol. The summed E-state index contributed by atoms with van der Waals surface area (Å²) < 4.78 is 2.42. The molecule has 0 saturated heterocycles. The van der Waals surface area contributed by atoms with Crippen LogP contribution in [0.1, 0.15) is 91.0 Å². The van der Waals surface area contributed by atoms with Gasteiger partial charge in [0.05, 0.1) is 39.6 Å². The number of allylic oxidation sites excluding steroid dienone is 3. The summed E-state index contributed by atoms with van der Waals surface area (Å²) >= 11 is 0. The highest BCUT2D eigenvalue weighted by molar-refractivity contribution is 6.09. The van der Waals surface area contributed by atoms with Crippen LogP contribution in [0.15, 0.2) is 186 Å². The molecule has 2 aliphatic heterocycles. The molecule has 5 aliphatic rings. The number of para-hydroxylation sites is 6. The molecule has 6 heteroatoms. The maximum absolute atomic E-state index is 5.82. The van der Waals surface area contributed by atoms with Gasteiger partial charge in [0.25, 0.3) is 0 Å². The third-order valence-electron chi connectivity index (χ3n) is 16.8. The number of anilines is 3. The van der Waals surface area contributed by atoms with Gasteiger partial charge in [0.15, 0.2) is 11.6 Å². The normalized spacial score (nSPS) is 24.9. The Bertz CT molecular complexity index is 3370. The summed E-state index contributed by atoms with van der Waals surface area (Å²) in [6, 6.07) is 55.4. The van der Waals surface area contributed by atoms with Gasteiger partial charge < -0.3 is 14.4 Å². The van der Waals surface area contributed by atoms with Gasteiger partial charge in [0.2, 0.25) is 0 Å². The molecule has 4 heterocycles. The van der Waals surface area contributed by atoms with Crippen LogP contribution in [-0.2, 0) is 10.8 Å². The minimum Gasteiger partial charge on any atom is -0.335 e. The third-order valence-corrected chi connectivity index (χ3v) is 16.8. The molecule has 2 aromatic heterocycles. The van der Waals surface area contributed by atoms with Gasteiger partial charge >= 0.3 is 0 Å². The number of nitrogens with zero attached hydrogens (tertiary/aromatic N) is 6. The Hall–Kier alpha value is -7.05. The van der Waals surface area contributed by atoms with Crippen LogP contribution >= 0.6 is 0 Å². The van der Waals surface area contributed by atoms with Crippen molar-refractivity contribution in [2.24, 2.45) is 17.8 Å². The molecular formula is C63H60N6. The predicted octanol–water partition coefficient (Wildman–Crippen LogP) is 15.6. The quantitative estimate of drug-likeness (QED) is 0.152. The molecule has 6 aromatic carbocycles. The molecule has 3 unspecified atom stereocenters. The van der Waals surface area contributed by atoms with Gasteiger partial charge in [-0.25, -0.2) is 15.0 Å². The molecule has 13 rings (SSSR count). The first-order valence-corrected chi connectivity index (χ1v) is 25.6. The number of hydrogen-bond acceptors (Lipinski definition) is 5. The SMILES string of the molecule is CCCC1=C(C)C2=CC=C3N(c4ccccc4)c4ccccc4C3(C)C2N1c1ccccc1-c1nc(-c2ccccc2-n2c3ccccc3c3ccccc32)nc(C23C[C@H](C)C[C@H](C[C@H](C)C2)C3)n1. The van der Waals surface area contributed by atoms with Crippen molar-refractivity contribution in [3.63, 3.8) is 0 Å². The van der Waals surface area contributed by atoms with E-state index in [0.717, 1.165) is 72.1 Å². The van der Waals surface area contributed by atoms with Crippen molar-refractivity contribution in [3.8, 4) is 28.5 Å². The van der Waals surface area contributed by atoms with Crippen LogP contribution in [0.3, 0.4) is 0 Å². The van der Waals surface area contributed by atoms with Crippen molar-refractivity contribution >= 4 is 38.9 Å². The first kappa shape index (κ1) is 42.1. The Labute approximate surface area is 406 Å². The van der Waals surface area contributed by atoms with E-state index < -0.39 is 0 Å². The van der Waals surface area contributed by atoms with Gasteiger partial charge in [-0.1, -0.05) is 130 Å². The molecule has 342 valence electrons. The third kappa shape index (κ3) is 6.33. The van der Waals surface area contributed by atoms with Gasteiger partial charge in [-0.15, -0.1) is 0 Å². The molecule has 69 heavy (non-hydrogen) atoms. The Kier molecular flexibility index (Phi) is 9.77. The number of rotatable bonds is 8. The Morgan fingerprint density at radius 2 is 1.16 bits per heavy atom. The lowest BCUT2D eigenvalue weighted by Crippen LogP contribution is -2.49. The van der Waals surface area contributed by atoms with Crippen molar-refractivity contribution in [1.29, 1.82) is 0 Å². The average Bonchev–Trinajstić information content (AvgIpc) is 3.96. The molecule has 0 radical (unpaired) electrons. The molecule has 0 spiro atoms. The largest absolute Gasteiger partial charge is 0.335 e. The first-order chi connectivity index (χ1) is 33.8. The molecular weight excluding hydrogens is 841 g/mol. The second-order valence-corrected chi connectivity index (χ2v) is 21.3. The van der Waals surface area contributed by atoms with Crippen LogP contribution in [0.2, 0.25) is 0 Å². The fraction of sp³-hybridized carbons (Fsp3) is 0.286. The molecule has 2 bridgehead atoms. The lowest BCUT2D eigenvalue weighted by atomic mass is 9.56. The van der Waals surface area contributed by atoms with E-state index in [1.165, 1.54) is 74.1 Å². The smallest absolute Gasteiger partial charge is 0.165 e. The number of hydrogen-bond donors (Lipinski definition) is 0. The van der Waals surface area contributed by atoms with Gasteiger partial charge in [0, 0.05) is 44.4 Å². The fourth-order valence-corrected chi connectivity index (χ4v) is 14.4. The van der Waals surface area contributed by atoms with E-state index in [-0.39, 0.29) is 16.9 Å². The summed E-state index contributed by atoms with van der Waals surface area (Å²) in [5, 5.41) is 2.48. The monoisotopic (exact) mass is 900 g/mol. The van der Waals surface area contributed by atoms with Gasteiger partial charge in [-0.05, 0) is 148 Å². The molecule has 8 aromatic rings. The van der Waals surface area contributed by atoms with Gasteiger partial charge in [-0.2, -0.15) is 0 Å². The molecule has 0 amide bonds. The molecule has 6 nitrogen and oxygen atoms in total. The topological polar surface area (TPSA) is 50.1 Å². The maximum atomic E-state index is 5.82. The number of fused-ring (bicyclic) bond motifs is 10. The van der Waals surface area contributed by atoms with Crippen molar-refractivity contribution in [1.82, 2.24) is 19.5 Å². The summed E-state index contributed by atoms with van der Waals surface area (Å²) in [7, 11) is 0. The lowest BCUT2D eigenvalue weighted by molar-refractivity contribution is 0.0720. The van der Waals surface area contributed by atoms with E-state index in [4.69, 9.17) is 15.0 Å².